The zero-order valence-electron chi connectivity index (χ0n) is 3.85. The van der Waals surface area contributed by atoms with E-state index in [-0.39, 0.29) is 6.02 Å². The molecular formula is C4H6N2O. The van der Waals surface area contributed by atoms with Crippen molar-refractivity contribution >= 4 is 6.02 Å². The van der Waals surface area contributed by atoms with Crippen molar-refractivity contribution in [1.82, 2.24) is 0 Å². The number of rotatable bonds is 0. The molecule has 0 unspecified atom stereocenters. The highest BCUT2D eigenvalue weighted by Gasteiger charge is 2.03. The van der Waals surface area contributed by atoms with Crippen molar-refractivity contribution in [2.75, 3.05) is 6.61 Å². The first-order valence-electron chi connectivity index (χ1n) is 1.94. The molecule has 0 saturated carbocycles. The van der Waals surface area contributed by atoms with Crippen molar-refractivity contribution in [2.24, 2.45) is 10.7 Å². The van der Waals surface area contributed by atoms with Crippen LogP contribution in [0.3, 0.4) is 0 Å². The third-order valence-electron chi connectivity index (χ3n) is 0.655. The summed E-state index contributed by atoms with van der Waals surface area (Å²) in [6.45, 7) is 3.96. The fourth-order valence-corrected chi connectivity index (χ4v) is 0.378. The quantitative estimate of drug-likeness (QED) is 0.457. The maximum absolute atomic E-state index is 5.09. The van der Waals surface area contributed by atoms with E-state index in [0.717, 1.165) is 0 Å². The molecule has 1 aliphatic heterocycles. The summed E-state index contributed by atoms with van der Waals surface area (Å²) in [5.41, 5.74) is 5.78. The van der Waals surface area contributed by atoms with Gasteiger partial charge in [0.25, 0.3) is 6.02 Å². The Kier molecular flexibility index (Phi) is 0.749. The van der Waals surface area contributed by atoms with Crippen LogP contribution in [0.2, 0.25) is 0 Å². The number of amidine groups is 1. The van der Waals surface area contributed by atoms with E-state index in [9.17, 15) is 0 Å². The number of ether oxygens (including phenoxy) is 1. The van der Waals surface area contributed by atoms with Crippen LogP contribution in [-0.4, -0.2) is 12.6 Å². The van der Waals surface area contributed by atoms with E-state index in [1.54, 1.807) is 0 Å². The summed E-state index contributed by atoms with van der Waals surface area (Å²) < 4.78 is 4.69. The van der Waals surface area contributed by atoms with Gasteiger partial charge in [-0.1, -0.05) is 6.58 Å². The van der Waals surface area contributed by atoms with Crippen LogP contribution in [0.4, 0.5) is 0 Å². The predicted molar refractivity (Wildman–Crippen MR) is 26.7 cm³/mol. The zero-order chi connectivity index (χ0) is 5.28. The first-order chi connectivity index (χ1) is 3.29. The molecule has 3 nitrogen and oxygen atoms in total. The summed E-state index contributed by atoms with van der Waals surface area (Å²) in [6, 6.07) is 0.227. The van der Waals surface area contributed by atoms with Crippen LogP contribution in [0.5, 0.6) is 0 Å². The summed E-state index contributed by atoms with van der Waals surface area (Å²) >= 11 is 0. The summed E-state index contributed by atoms with van der Waals surface area (Å²) in [6.07, 6.45) is 0. The zero-order valence-corrected chi connectivity index (χ0v) is 3.85. The van der Waals surface area contributed by atoms with Crippen LogP contribution < -0.4 is 5.73 Å². The molecule has 2 N–H and O–H groups in total. The van der Waals surface area contributed by atoms with Crippen molar-refractivity contribution in [3.05, 3.63) is 12.3 Å². The number of hydrogen-bond donors (Lipinski definition) is 1. The molecular weight excluding hydrogens is 92.1 g/mol. The van der Waals surface area contributed by atoms with Crippen LogP contribution in [0.25, 0.3) is 0 Å². The maximum atomic E-state index is 5.09. The first-order valence-corrected chi connectivity index (χ1v) is 1.94. The van der Waals surface area contributed by atoms with Gasteiger partial charge in [-0.2, -0.15) is 4.99 Å². The lowest BCUT2D eigenvalue weighted by Crippen LogP contribution is -2.09. The fraction of sp³-hybridized carbons (Fsp3) is 0.250. The van der Waals surface area contributed by atoms with Gasteiger partial charge in [-0.25, -0.2) is 0 Å². The Bertz CT molecular complexity index is 128. The maximum Gasteiger partial charge on any atom is 0.287 e. The average molecular weight is 98.1 g/mol. The van der Waals surface area contributed by atoms with Crippen LogP contribution in [0, 0.1) is 0 Å². The summed E-state index contributed by atoms with van der Waals surface area (Å²) in [5.74, 6) is 0. The van der Waals surface area contributed by atoms with Gasteiger partial charge in [0, 0.05) is 0 Å². The largest absolute Gasteiger partial charge is 0.459 e. The predicted octanol–water partition coefficient (Wildman–Crippen LogP) is -0.155. The Morgan fingerprint density at radius 2 is 2.57 bits per heavy atom. The minimum atomic E-state index is 0.227. The molecule has 3 heteroatoms. The standard InChI is InChI=1S/C4H6N2O/c1-3-2-7-4(5)6-3/h1-2H2,(H2,5,6). The lowest BCUT2D eigenvalue weighted by atomic mass is 10.6. The highest BCUT2D eigenvalue weighted by molar-refractivity contribution is 5.74. The lowest BCUT2D eigenvalue weighted by Gasteiger charge is -1.86. The highest BCUT2D eigenvalue weighted by Crippen LogP contribution is 2.00. The Morgan fingerprint density at radius 3 is 2.71 bits per heavy atom. The molecule has 0 radical (unpaired) electrons. The van der Waals surface area contributed by atoms with Crippen LogP contribution >= 0.6 is 0 Å². The topological polar surface area (TPSA) is 47.6 Å². The molecule has 0 atom stereocenters. The van der Waals surface area contributed by atoms with Gasteiger partial charge in [0.2, 0.25) is 0 Å². The molecule has 0 aromatic heterocycles. The molecule has 0 saturated heterocycles. The summed E-state index contributed by atoms with van der Waals surface area (Å²) in [7, 11) is 0. The van der Waals surface area contributed by atoms with Crippen molar-refractivity contribution in [3.8, 4) is 0 Å². The molecule has 7 heavy (non-hydrogen) atoms. The molecule has 38 valence electrons. The molecule has 1 rings (SSSR count). The minimum Gasteiger partial charge on any atom is -0.459 e. The smallest absolute Gasteiger partial charge is 0.287 e. The Labute approximate surface area is 41.5 Å². The SMILES string of the molecule is C=C1COC(N)=N1. The first kappa shape index (κ1) is 4.18. The summed E-state index contributed by atoms with van der Waals surface area (Å²) in [5, 5.41) is 0. The van der Waals surface area contributed by atoms with Crippen molar-refractivity contribution in [3.63, 3.8) is 0 Å². The van der Waals surface area contributed by atoms with E-state index in [0.29, 0.717) is 12.3 Å². The van der Waals surface area contributed by atoms with Gasteiger partial charge in [0.15, 0.2) is 0 Å². The highest BCUT2D eigenvalue weighted by atomic mass is 16.5. The molecule has 0 amide bonds. The molecule has 0 aromatic rings. The third kappa shape index (κ3) is 0.707. The van der Waals surface area contributed by atoms with Crippen LogP contribution in [0.1, 0.15) is 0 Å². The number of nitrogens with zero attached hydrogens (tertiary/aromatic N) is 1. The molecule has 1 heterocycles. The van der Waals surface area contributed by atoms with E-state index < -0.39 is 0 Å². The third-order valence-corrected chi connectivity index (χ3v) is 0.655. The van der Waals surface area contributed by atoms with E-state index in [2.05, 4.69) is 11.6 Å². The van der Waals surface area contributed by atoms with E-state index in [1.807, 2.05) is 0 Å². The Morgan fingerprint density at radius 1 is 1.86 bits per heavy atom. The van der Waals surface area contributed by atoms with Crippen LogP contribution in [0.15, 0.2) is 17.3 Å². The lowest BCUT2D eigenvalue weighted by molar-refractivity contribution is 0.358. The number of aliphatic imine (C=N–C) groups is 1. The number of hydrogen-bond acceptors (Lipinski definition) is 3. The fourth-order valence-electron chi connectivity index (χ4n) is 0.378. The van der Waals surface area contributed by atoms with E-state index >= 15 is 0 Å². The second kappa shape index (κ2) is 1.26. The molecule has 1 aliphatic rings. The van der Waals surface area contributed by atoms with Gasteiger partial charge in [-0.15, -0.1) is 0 Å². The second-order valence-electron chi connectivity index (χ2n) is 1.30. The molecule has 0 bridgehead atoms. The normalized spacial score (nSPS) is 18.9. The minimum absolute atomic E-state index is 0.227. The van der Waals surface area contributed by atoms with Gasteiger partial charge in [-0.05, 0) is 0 Å². The second-order valence-corrected chi connectivity index (χ2v) is 1.30. The molecule has 0 aromatic carbocycles. The molecule has 0 spiro atoms. The van der Waals surface area contributed by atoms with Crippen molar-refractivity contribution < 1.29 is 4.74 Å². The van der Waals surface area contributed by atoms with Gasteiger partial charge in [0.1, 0.15) is 6.61 Å². The molecule has 0 fully saturated rings. The Hall–Kier alpha value is -0.990. The summed E-state index contributed by atoms with van der Waals surface area (Å²) in [4.78, 5) is 3.67. The van der Waals surface area contributed by atoms with Crippen LogP contribution in [-0.2, 0) is 4.74 Å². The van der Waals surface area contributed by atoms with Gasteiger partial charge in [-0.3, -0.25) is 0 Å². The van der Waals surface area contributed by atoms with E-state index in [4.69, 9.17) is 10.5 Å². The van der Waals surface area contributed by atoms with Gasteiger partial charge >= 0.3 is 0 Å². The van der Waals surface area contributed by atoms with Gasteiger partial charge in [0.05, 0.1) is 5.70 Å². The average Bonchev–Trinajstić information content (AvgIpc) is 1.87. The van der Waals surface area contributed by atoms with Crippen molar-refractivity contribution in [1.29, 1.82) is 0 Å². The van der Waals surface area contributed by atoms with Crippen molar-refractivity contribution in [2.45, 2.75) is 0 Å². The molecule has 0 aliphatic carbocycles. The van der Waals surface area contributed by atoms with Gasteiger partial charge < -0.3 is 10.5 Å². The Balaban J connectivity index is 2.67. The van der Waals surface area contributed by atoms with E-state index in [1.165, 1.54) is 0 Å². The monoisotopic (exact) mass is 98.0 g/mol. The number of nitrogens with two attached hydrogens (primary N) is 1.